The van der Waals surface area contributed by atoms with Gasteiger partial charge >= 0.3 is 12.1 Å². The number of rotatable bonds is 6. The summed E-state index contributed by atoms with van der Waals surface area (Å²) in [6.07, 6.45) is 5.43. The minimum absolute atomic E-state index is 0.0165. The molecule has 34 heavy (non-hydrogen) atoms. The number of carbonyl (C=O) groups is 3. The van der Waals surface area contributed by atoms with E-state index >= 15 is 0 Å². The number of amides is 2. The standard InChI is InChI=1S/C27H28N2O5/c30-25(28-17-13-12-16(14-17)26(31)32)22-10-5-11-24(22)29-27(33)34-15-23-20-8-3-1-6-18(20)19-7-2-4-9-21(19)23/h1-4,6-9,12-13,16-17,22-24H,5,10-11,14-15H2,(H,28,30)(H,29,33)(H,31,32)/t16?,17?,22-,24+/m1/s1. The third-order valence-electron chi connectivity index (χ3n) is 7.23. The molecule has 0 saturated heterocycles. The lowest BCUT2D eigenvalue weighted by atomic mass is 9.98. The van der Waals surface area contributed by atoms with Crippen LogP contribution >= 0.6 is 0 Å². The van der Waals surface area contributed by atoms with E-state index in [0.29, 0.717) is 19.3 Å². The van der Waals surface area contributed by atoms with E-state index in [1.54, 1.807) is 12.2 Å². The summed E-state index contributed by atoms with van der Waals surface area (Å²) in [5.74, 6) is -1.97. The Bertz CT molecular complexity index is 1100. The Balaban J connectivity index is 1.17. The monoisotopic (exact) mass is 460 g/mol. The number of carboxylic acids is 1. The Morgan fingerprint density at radius 3 is 2.24 bits per heavy atom. The molecule has 4 atom stereocenters. The highest BCUT2D eigenvalue weighted by Gasteiger charge is 2.36. The molecule has 0 aliphatic heterocycles. The topological polar surface area (TPSA) is 105 Å². The van der Waals surface area contributed by atoms with E-state index in [-0.39, 0.29) is 36.4 Å². The highest BCUT2D eigenvalue weighted by atomic mass is 16.5. The zero-order valence-corrected chi connectivity index (χ0v) is 18.8. The highest BCUT2D eigenvalue weighted by molar-refractivity contribution is 5.82. The van der Waals surface area contributed by atoms with Crippen LogP contribution in [0.1, 0.15) is 42.7 Å². The smallest absolute Gasteiger partial charge is 0.407 e. The number of benzene rings is 2. The lowest BCUT2D eigenvalue weighted by molar-refractivity contribution is -0.140. The average molecular weight is 461 g/mol. The Hall–Kier alpha value is -3.61. The molecule has 2 amide bonds. The molecule has 2 aromatic rings. The normalized spacial score (nSPS) is 24.9. The van der Waals surface area contributed by atoms with Crippen molar-refractivity contribution < 1.29 is 24.2 Å². The van der Waals surface area contributed by atoms with Gasteiger partial charge in [-0.25, -0.2) is 4.79 Å². The maximum absolute atomic E-state index is 12.8. The van der Waals surface area contributed by atoms with Crippen molar-refractivity contribution in [2.24, 2.45) is 11.8 Å². The molecule has 0 heterocycles. The molecule has 7 nitrogen and oxygen atoms in total. The van der Waals surface area contributed by atoms with Gasteiger partial charge in [0.15, 0.2) is 0 Å². The lowest BCUT2D eigenvalue weighted by Gasteiger charge is -2.23. The van der Waals surface area contributed by atoms with Crippen molar-refractivity contribution in [1.29, 1.82) is 0 Å². The Kier molecular flexibility index (Phi) is 6.09. The molecule has 1 fully saturated rings. The summed E-state index contributed by atoms with van der Waals surface area (Å²) in [5, 5.41) is 15.0. The van der Waals surface area contributed by atoms with Crippen LogP contribution in [0.25, 0.3) is 11.1 Å². The number of ether oxygens (including phenoxy) is 1. The highest BCUT2D eigenvalue weighted by Crippen LogP contribution is 2.44. The fraction of sp³-hybridized carbons (Fsp3) is 0.370. The molecule has 3 N–H and O–H groups in total. The molecule has 0 aromatic heterocycles. The van der Waals surface area contributed by atoms with Crippen molar-refractivity contribution in [3.8, 4) is 11.1 Å². The van der Waals surface area contributed by atoms with Gasteiger partial charge in [-0.1, -0.05) is 67.1 Å². The summed E-state index contributed by atoms with van der Waals surface area (Å²) < 4.78 is 5.65. The zero-order valence-electron chi connectivity index (χ0n) is 18.8. The van der Waals surface area contributed by atoms with Crippen LogP contribution in [0.2, 0.25) is 0 Å². The molecule has 3 aliphatic carbocycles. The van der Waals surface area contributed by atoms with Crippen LogP contribution in [-0.4, -0.2) is 41.8 Å². The maximum atomic E-state index is 12.8. The Labute approximate surface area is 198 Å². The Morgan fingerprint density at radius 2 is 1.59 bits per heavy atom. The van der Waals surface area contributed by atoms with Crippen molar-refractivity contribution in [2.75, 3.05) is 6.61 Å². The molecule has 3 aliphatic rings. The molecular weight excluding hydrogens is 432 g/mol. The molecule has 176 valence electrons. The molecule has 2 aromatic carbocycles. The Morgan fingerprint density at radius 1 is 0.912 bits per heavy atom. The van der Waals surface area contributed by atoms with Crippen LogP contribution in [0.15, 0.2) is 60.7 Å². The molecule has 0 radical (unpaired) electrons. The fourth-order valence-electron chi connectivity index (χ4n) is 5.52. The van der Waals surface area contributed by atoms with E-state index in [1.165, 1.54) is 11.1 Å². The number of carbonyl (C=O) groups excluding carboxylic acids is 2. The summed E-state index contributed by atoms with van der Waals surface area (Å²) >= 11 is 0. The van der Waals surface area contributed by atoms with E-state index in [2.05, 4.69) is 34.9 Å². The van der Waals surface area contributed by atoms with E-state index in [9.17, 15) is 14.4 Å². The van der Waals surface area contributed by atoms with Crippen molar-refractivity contribution in [3.05, 3.63) is 71.8 Å². The second-order valence-corrected chi connectivity index (χ2v) is 9.29. The first-order valence-corrected chi connectivity index (χ1v) is 11.8. The molecular formula is C27H28N2O5. The van der Waals surface area contributed by atoms with Crippen molar-refractivity contribution in [3.63, 3.8) is 0 Å². The summed E-state index contributed by atoms with van der Waals surface area (Å²) in [4.78, 5) is 36.6. The molecule has 7 heteroatoms. The van der Waals surface area contributed by atoms with Crippen molar-refractivity contribution in [1.82, 2.24) is 10.6 Å². The number of carboxylic acid groups (broad SMARTS) is 1. The first-order chi connectivity index (χ1) is 16.5. The maximum Gasteiger partial charge on any atom is 0.407 e. The second-order valence-electron chi connectivity index (χ2n) is 9.29. The van der Waals surface area contributed by atoms with Crippen molar-refractivity contribution in [2.45, 2.75) is 43.7 Å². The first-order valence-electron chi connectivity index (χ1n) is 11.8. The second kappa shape index (κ2) is 9.33. The number of nitrogens with one attached hydrogen (secondary N) is 2. The third kappa shape index (κ3) is 4.30. The quantitative estimate of drug-likeness (QED) is 0.568. The van der Waals surface area contributed by atoms with Gasteiger partial charge in [0.25, 0.3) is 0 Å². The number of hydrogen-bond donors (Lipinski definition) is 3. The van der Waals surface area contributed by atoms with Gasteiger partial charge in [0.2, 0.25) is 5.91 Å². The molecule has 0 bridgehead atoms. The van der Waals surface area contributed by atoms with Crippen LogP contribution in [0, 0.1) is 11.8 Å². The molecule has 2 unspecified atom stereocenters. The van der Waals surface area contributed by atoms with Gasteiger partial charge in [-0.3, -0.25) is 9.59 Å². The SMILES string of the molecule is O=C(N[C@H]1CCC[C@H]1C(=O)NC1C=CC(C(=O)O)C1)OCC1c2ccccc2-c2ccccc21. The van der Waals surface area contributed by atoms with Gasteiger partial charge in [0.05, 0.1) is 11.8 Å². The van der Waals surface area contributed by atoms with E-state index in [4.69, 9.17) is 9.84 Å². The average Bonchev–Trinajstić information content (AvgIpc) is 3.56. The number of fused-ring (bicyclic) bond motifs is 3. The van der Waals surface area contributed by atoms with Crippen LogP contribution in [-0.2, 0) is 14.3 Å². The third-order valence-corrected chi connectivity index (χ3v) is 7.23. The zero-order chi connectivity index (χ0) is 23.7. The van der Waals surface area contributed by atoms with Crippen LogP contribution in [0.3, 0.4) is 0 Å². The lowest BCUT2D eigenvalue weighted by Crippen LogP contribution is -2.46. The van der Waals surface area contributed by atoms with Gasteiger partial charge in [-0.15, -0.1) is 0 Å². The number of hydrogen-bond acceptors (Lipinski definition) is 4. The van der Waals surface area contributed by atoms with Gasteiger partial charge in [-0.2, -0.15) is 0 Å². The van der Waals surface area contributed by atoms with Crippen LogP contribution in [0.5, 0.6) is 0 Å². The first kappa shape index (κ1) is 22.2. The van der Waals surface area contributed by atoms with Gasteiger partial charge in [0, 0.05) is 18.0 Å². The van der Waals surface area contributed by atoms with Crippen LogP contribution in [0.4, 0.5) is 4.79 Å². The predicted octanol–water partition coefficient (Wildman–Crippen LogP) is 3.84. The van der Waals surface area contributed by atoms with Crippen molar-refractivity contribution >= 4 is 18.0 Å². The molecule has 0 spiro atoms. The minimum atomic E-state index is -0.885. The predicted molar refractivity (Wildman–Crippen MR) is 126 cm³/mol. The minimum Gasteiger partial charge on any atom is -0.481 e. The van der Waals surface area contributed by atoms with Gasteiger partial charge in [-0.05, 0) is 41.5 Å². The molecule has 1 saturated carbocycles. The number of aliphatic carboxylic acids is 1. The summed E-state index contributed by atoms with van der Waals surface area (Å²) in [6, 6.07) is 15.8. The van der Waals surface area contributed by atoms with E-state index in [0.717, 1.165) is 17.5 Å². The van der Waals surface area contributed by atoms with Gasteiger partial charge in [0.1, 0.15) is 6.61 Å². The summed E-state index contributed by atoms with van der Waals surface area (Å²) in [7, 11) is 0. The molecule has 5 rings (SSSR count). The fourth-order valence-corrected chi connectivity index (χ4v) is 5.52. The van der Waals surface area contributed by atoms with E-state index < -0.39 is 18.0 Å². The summed E-state index contributed by atoms with van der Waals surface area (Å²) in [5.41, 5.74) is 4.65. The number of alkyl carbamates (subject to hydrolysis) is 1. The summed E-state index contributed by atoms with van der Waals surface area (Å²) in [6.45, 7) is 0.229. The largest absolute Gasteiger partial charge is 0.481 e. The van der Waals surface area contributed by atoms with Crippen LogP contribution < -0.4 is 10.6 Å². The van der Waals surface area contributed by atoms with Gasteiger partial charge < -0.3 is 20.5 Å². The van der Waals surface area contributed by atoms with E-state index in [1.807, 2.05) is 24.3 Å².